The van der Waals surface area contributed by atoms with Crippen molar-refractivity contribution in [3.63, 3.8) is 0 Å². The van der Waals surface area contributed by atoms with Gasteiger partial charge in [-0.05, 0) is 13.8 Å². The SMILES string of the molecule is C=COC(=O)COC(C)C. The van der Waals surface area contributed by atoms with E-state index < -0.39 is 5.97 Å². The molecule has 0 aliphatic heterocycles. The molecule has 0 radical (unpaired) electrons. The summed E-state index contributed by atoms with van der Waals surface area (Å²) in [5.74, 6) is -0.413. The first-order chi connectivity index (χ1) is 4.66. The van der Waals surface area contributed by atoms with Crippen LogP contribution >= 0.6 is 0 Å². The summed E-state index contributed by atoms with van der Waals surface area (Å²) < 4.78 is 9.33. The van der Waals surface area contributed by atoms with Gasteiger partial charge in [0.05, 0.1) is 12.4 Å². The van der Waals surface area contributed by atoms with E-state index in [0.717, 1.165) is 6.26 Å². The molecule has 0 N–H and O–H groups in total. The lowest BCUT2D eigenvalue weighted by atomic mass is 10.5. The van der Waals surface area contributed by atoms with Crippen LogP contribution < -0.4 is 0 Å². The highest BCUT2D eigenvalue weighted by molar-refractivity contribution is 5.71. The van der Waals surface area contributed by atoms with Gasteiger partial charge < -0.3 is 9.47 Å². The smallest absolute Gasteiger partial charge is 0.336 e. The number of carbonyl (C=O) groups is 1. The molecule has 3 nitrogen and oxygen atoms in total. The second-order valence-electron chi connectivity index (χ2n) is 2.02. The van der Waals surface area contributed by atoms with Crippen molar-refractivity contribution in [3.05, 3.63) is 12.8 Å². The van der Waals surface area contributed by atoms with E-state index in [4.69, 9.17) is 4.74 Å². The molecule has 0 saturated heterocycles. The van der Waals surface area contributed by atoms with Crippen LogP contribution in [0.4, 0.5) is 0 Å². The molecule has 0 saturated carbocycles. The molecule has 0 aliphatic rings. The average Bonchev–Trinajstić information content (AvgIpc) is 1.85. The molecule has 58 valence electrons. The van der Waals surface area contributed by atoms with Gasteiger partial charge in [-0.25, -0.2) is 4.79 Å². The molecule has 0 unspecified atom stereocenters. The zero-order valence-corrected chi connectivity index (χ0v) is 6.29. The standard InChI is InChI=1S/C7H12O3/c1-4-9-7(8)5-10-6(2)3/h4,6H,1,5H2,2-3H3. The zero-order valence-electron chi connectivity index (χ0n) is 6.29. The average molecular weight is 144 g/mol. The monoisotopic (exact) mass is 144 g/mol. The van der Waals surface area contributed by atoms with Crippen molar-refractivity contribution in [1.82, 2.24) is 0 Å². The van der Waals surface area contributed by atoms with Crippen molar-refractivity contribution in [2.45, 2.75) is 20.0 Å². The van der Waals surface area contributed by atoms with Gasteiger partial charge in [0, 0.05) is 0 Å². The van der Waals surface area contributed by atoms with Gasteiger partial charge in [-0.2, -0.15) is 0 Å². The Bertz CT molecular complexity index is 118. The normalized spacial score (nSPS) is 9.50. The first-order valence-electron chi connectivity index (χ1n) is 3.08. The second-order valence-corrected chi connectivity index (χ2v) is 2.02. The predicted molar refractivity (Wildman–Crippen MR) is 37.4 cm³/mol. The third kappa shape index (κ3) is 5.31. The Morgan fingerprint density at radius 2 is 2.30 bits per heavy atom. The Balaban J connectivity index is 3.30. The molecular formula is C7H12O3. The lowest BCUT2D eigenvalue weighted by molar-refractivity contribution is -0.144. The summed E-state index contributed by atoms with van der Waals surface area (Å²) in [7, 11) is 0. The van der Waals surface area contributed by atoms with Crippen molar-refractivity contribution in [3.8, 4) is 0 Å². The molecule has 0 aromatic rings. The lowest BCUT2D eigenvalue weighted by Gasteiger charge is -2.04. The largest absolute Gasteiger partial charge is 0.433 e. The Labute approximate surface area is 60.6 Å². The summed E-state index contributed by atoms with van der Waals surface area (Å²) in [6, 6.07) is 0. The summed E-state index contributed by atoms with van der Waals surface area (Å²) in [5, 5.41) is 0. The molecule has 0 fully saturated rings. The van der Waals surface area contributed by atoms with Gasteiger partial charge in [-0.15, -0.1) is 0 Å². The maximum absolute atomic E-state index is 10.5. The van der Waals surface area contributed by atoms with Gasteiger partial charge in [0.2, 0.25) is 0 Å². The molecule has 0 rings (SSSR count). The van der Waals surface area contributed by atoms with Gasteiger partial charge in [0.15, 0.2) is 0 Å². The van der Waals surface area contributed by atoms with E-state index in [1.54, 1.807) is 0 Å². The number of hydrogen-bond donors (Lipinski definition) is 0. The van der Waals surface area contributed by atoms with Crippen LogP contribution in [0.3, 0.4) is 0 Å². The third-order valence-corrected chi connectivity index (χ3v) is 0.749. The van der Waals surface area contributed by atoms with Crippen molar-refractivity contribution >= 4 is 5.97 Å². The fourth-order valence-electron chi connectivity index (χ4n) is 0.362. The van der Waals surface area contributed by atoms with Crippen molar-refractivity contribution in [1.29, 1.82) is 0 Å². The summed E-state index contributed by atoms with van der Waals surface area (Å²) in [5.41, 5.74) is 0. The van der Waals surface area contributed by atoms with Crippen molar-refractivity contribution in [2.75, 3.05) is 6.61 Å². The fourth-order valence-corrected chi connectivity index (χ4v) is 0.362. The van der Waals surface area contributed by atoms with Crippen LogP contribution in [0.25, 0.3) is 0 Å². The molecule has 0 bridgehead atoms. The second kappa shape index (κ2) is 4.99. The molecule has 0 aromatic carbocycles. The third-order valence-electron chi connectivity index (χ3n) is 0.749. The highest BCUT2D eigenvalue weighted by Crippen LogP contribution is 1.88. The van der Waals surface area contributed by atoms with E-state index in [2.05, 4.69) is 11.3 Å². The van der Waals surface area contributed by atoms with Crippen LogP contribution in [-0.4, -0.2) is 18.7 Å². The fraction of sp³-hybridized carbons (Fsp3) is 0.571. The number of hydrogen-bond acceptors (Lipinski definition) is 3. The summed E-state index contributed by atoms with van der Waals surface area (Å²) in [6.07, 6.45) is 1.14. The van der Waals surface area contributed by atoms with Crippen LogP contribution in [0.15, 0.2) is 12.8 Å². The maximum atomic E-state index is 10.5. The highest BCUT2D eigenvalue weighted by Gasteiger charge is 2.01. The van der Waals surface area contributed by atoms with E-state index in [-0.39, 0.29) is 12.7 Å². The molecule has 10 heavy (non-hydrogen) atoms. The van der Waals surface area contributed by atoms with E-state index in [1.807, 2.05) is 13.8 Å². The molecular weight excluding hydrogens is 132 g/mol. The quantitative estimate of drug-likeness (QED) is 0.437. The minimum Gasteiger partial charge on any atom is -0.433 e. The number of esters is 1. The summed E-state index contributed by atoms with van der Waals surface area (Å²) >= 11 is 0. The first kappa shape index (κ1) is 9.17. The minimum atomic E-state index is -0.413. The van der Waals surface area contributed by atoms with E-state index in [0.29, 0.717) is 0 Å². The Kier molecular flexibility index (Phi) is 4.58. The molecule has 0 aliphatic carbocycles. The minimum absolute atomic E-state index is 0.0102. The van der Waals surface area contributed by atoms with Crippen LogP contribution in [0.2, 0.25) is 0 Å². The van der Waals surface area contributed by atoms with Gasteiger partial charge in [-0.3, -0.25) is 0 Å². The number of ether oxygens (including phenoxy) is 2. The molecule has 0 atom stereocenters. The van der Waals surface area contributed by atoms with E-state index in [1.165, 1.54) is 0 Å². The van der Waals surface area contributed by atoms with E-state index >= 15 is 0 Å². The highest BCUT2D eigenvalue weighted by atomic mass is 16.6. The molecule has 0 heterocycles. The van der Waals surface area contributed by atoms with Gasteiger partial charge in [0.25, 0.3) is 0 Å². The van der Waals surface area contributed by atoms with Crippen molar-refractivity contribution < 1.29 is 14.3 Å². The topological polar surface area (TPSA) is 35.5 Å². The Morgan fingerprint density at radius 1 is 1.70 bits per heavy atom. The first-order valence-corrected chi connectivity index (χ1v) is 3.08. The van der Waals surface area contributed by atoms with Crippen LogP contribution in [0, 0.1) is 0 Å². The molecule has 0 amide bonds. The van der Waals surface area contributed by atoms with E-state index in [9.17, 15) is 4.79 Å². The zero-order chi connectivity index (χ0) is 7.98. The Hall–Kier alpha value is -0.830. The Morgan fingerprint density at radius 3 is 2.70 bits per heavy atom. The van der Waals surface area contributed by atoms with Gasteiger partial charge in [0.1, 0.15) is 6.61 Å². The lowest BCUT2D eigenvalue weighted by Crippen LogP contribution is -2.13. The van der Waals surface area contributed by atoms with Crippen LogP contribution in [0.5, 0.6) is 0 Å². The van der Waals surface area contributed by atoms with Crippen LogP contribution in [-0.2, 0) is 14.3 Å². The summed E-state index contributed by atoms with van der Waals surface area (Å²) in [4.78, 5) is 10.5. The number of carbonyl (C=O) groups excluding carboxylic acids is 1. The number of rotatable bonds is 4. The summed E-state index contributed by atoms with van der Waals surface area (Å²) in [6.45, 7) is 6.92. The molecule has 0 spiro atoms. The molecule has 0 aromatic heterocycles. The van der Waals surface area contributed by atoms with Gasteiger partial charge >= 0.3 is 5.97 Å². The maximum Gasteiger partial charge on any atom is 0.336 e. The predicted octanol–water partition coefficient (Wildman–Crippen LogP) is 1.10. The molecule has 3 heteroatoms. The van der Waals surface area contributed by atoms with Crippen molar-refractivity contribution in [2.24, 2.45) is 0 Å². The van der Waals surface area contributed by atoms with Gasteiger partial charge in [-0.1, -0.05) is 6.58 Å². The van der Waals surface area contributed by atoms with Crippen LogP contribution in [0.1, 0.15) is 13.8 Å².